The van der Waals surface area contributed by atoms with Crippen molar-refractivity contribution in [3.05, 3.63) is 302 Å². The van der Waals surface area contributed by atoms with Crippen LogP contribution in [0.5, 0.6) is 0 Å². The van der Waals surface area contributed by atoms with Gasteiger partial charge >= 0.3 is 0 Å². The number of hydrogen-bond donors (Lipinski definition) is 3. The number of benzene rings is 2. The monoisotopic (exact) mass is 923 g/mol. The summed E-state index contributed by atoms with van der Waals surface area (Å²) in [7, 11) is 0. The lowest BCUT2D eigenvalue weighted by atomic mass is 9.92. The normalized spacial score (nSPS) is 15.2. The second kappa shape index (κ2) is 34.7. The lowest BCUT2D eigenvalue weighted by Crippen LogP contribution is -2.22. The zero-order chi connectivity index (χ0) is 50.1. The third kappa shape index (κ3) is 22.2. The number of hydrogen-bond acceptors (Lipinski definition) is 4. The third-order valence-corrected chi connectivity index (χ3v) is 10.5. The molecule has 69 heavy (non-hydrogen) atoms. The Labute approximate surface area is 416 Å². The van der Waals surface area contributed by atoms with E-state index in [-0.39, 0.29) is 17.3 Å². The molecule has 0 saturated heterocycles. The lowest BCUT2D eigenvalue weighted by Gasteiger charge is -2.26. The summed E-state index contributed by atoms with van der Waals surface area (Å²) >= 11 is 0. The van der Waals surface area contributed by atoms with Crippen molar-refractivity contribution in [3.63, 3.8) is 0 Å². The van der Waals surface area contributed by atoms with Gasteiger partial charge in [-0.05, 0) is 83.2 Å². The number of aliphatic hydroxyl groups excluding tert-OH is 2. The van der Waals surface area contributed by atoms with Crippen molar-refractivity contribution in [3.8, 4) is 0 Å². The Hall–Kier alpha value is -7.60. The van der Waals surface area contributed by atoms with Crippen molar-refractivity contribution in [2.75, 3.05) is 6.54 Å². The smallest absolute Gasteiger partial charge is 0.123 e. The Bertz CT molecular complexity index is 2440. The molecule has 2 aliphatic rings. The van der Waals surface area contributed by atoms with E-state index in [4.69, 9.17) is 5.11 Å². The van der Waals surface area contributed by atoms with E-state index in [1.165, 1.54) is 11.1 Å². The van der Waals surface area contributed by atoms with E-state index in [0.29, 0.717) is 24.8 Å². The lowest BCUT2D eigenvalue weighted by molar-refractivity contribution is 0.429. The number of allylic oxidation sites excluding steroid dienone is 26. The van der Waals surface area contributed by atoms with E-state index in [1.54, 1.807) is 36.5 Å². The molecule has 0 spiro atoms. The zero-order valence-electron chi connectivity index (χ0n) is 42.1. The van der Waals surface area contributed by atoms with Crippen LogP contribution in [0.4, 0.5) is 0 Å². The maximum atomic E-state index is 11.3. The van der Waals surface area contributed by atoms with E-state index < -0.39 is 0 Å². The van der Waals surface area contributed by atoms with Crippen LogP contribution >= 0.6 is 0 Å². The fourth-order valence-corrected chi connectivity index (χ4v) is 6.67. The molecule has 1 unspecified atom stereocenters. The van der Waals surface area contributed by atoms with Gasteiger partial charge in [-0.15, -0.1) is 0 Å². The first-order chi connectivity index (χ1) is 32.8. The predicted molar refractivity (Wildman–Crippen MR) is 304 cm³/mol. The van der Waals surface area contributed by atoms with Crippen LogP contribution in [0.25, 0.3) is 11.3 Å². The minimum absolute atomic E-state index is 0. The predicted octanol–water partition coefficient (Wildman–Crippen LogP) is 16.5. The molecule has 0 saturated carbocycles. The quantitative estimate of drug-likeness (QED) is 0.0860. The Balaban J connectivity index is 0.00000104. The van der Waals surface area contributed by atoms with Gasteiger partial charge in [0.2, 0.25) is 0 Å². The molecule has 0 aliphatic heterocycles. The van der Waals surface area contributed by atoms with Crippen molar-refractivity contribution in [2.45, 2.75) is 66.3 Å². The molecule has 1 atom stereocenters. The highest BCUT2D eigenvalue weighted by Crippen LogP contribution is 2.38. The summed E-state index contributed by atoms with van der Waals surface area (Å²) < 4.78 is 0. The average molecular weight is 923 g/mol. The average Bonchev–Trinajstić information content (AvgIpc) is 3.64. The van der Waals surface area contributed by atoms with Crippen LogP contribution in [-0.2, 0) is 0 Å². The molecule has 5 N–H and O–H groups in total. The summed E-state index contributed by atoms with van der Waals surface area (Å²) in [6.07, 6.45) is 49.5. The molecule has 2 aromatic rings. The third-order valence-electron chi connectivity index (χ3n) is 10.5. The summed E-state index contributed by atoms with van der Waals surface area (Å²) in [4.78, 5) is 2.30. The van der Waals surface area contributed by atoms with Crippen LogP contribution in [0, 0.1) is 5.92 Å². The van der Waals surface area contributed by atoms with Crippen LogP contribution in [0.1, 0.15) is 77.0 Å². The second-order valence-electron chi connectivity index (χ2n) is 16.3. The summed E-state index contributed by atoms with van der Waals surface area (Å²) in [5.41, 5.74) is 11.5. The van der Waals surface area contributed by atoms with Gasteiger partial charge in [-0.2, -0.15) is 0 Å². The van der Waals surface area contributed by atoms with Gasteiger partial charge in [-0.1, -0.05) is 256 Å². The largest absolute Gasteiger partial charge is 0.516 e. The van der Waals surface area contributed by atoms with Crippen LogP contribution in [-0.4, -0.2) is 33.2 Å². The molecule has 362 valence electrons. The summed E-state index contributed by atoms with van der Waals surface area (Å²) in [5.74, 6) is 1.23. The van der Waals surface area contributed by atoms with Gasteiger partial charge in [-0.3, -0.25) is 0 Å². The molecule has 0 heterocycles. The van der Waals surface area contributed by atoms with E-state index >= 15 is 0 Å². The molecule has 2 aromatic carbocycles. The first-order valence-electron chi connectivity index (χ1n) is 23.3. The summed E-state index contributed by atoms with van der Waals surface area (Å²) in [5, 5.41) is 22.9. The molecule has 5 heteroatoms. The van der Waals surface area contributed by atoms with Gasteiger partial charge in [0.1, 0.15) is 5.76 Å². The van der Waals surface area contributed by atoms with Gasteiger partial charge in [-0.25, -0.2) is 0 Å². The molecular weight excluding hydrogens is 845 g/mol. The van der Waals surface area contributed by atoms with Gasteiger partial charge in [0, 0.05) is 35.3 Å². The highest BCUT2D eigenvalue weighted by atomic mass is 16.3. The first kappa shape index (κ1) is 59.4. The minimum atomic E-state index is -0.134. The van der Waals surface area contributed by atoms with Crippen LogP contribution in [0.2, 0.25) is 0 Å². The molecule has 0 bridgehead atoms. The molecule has 2 aliphatic carbocycles. The number of rotatable bonds is 21. The number of aliphatic hydroxyl groups is 2. The fraction of sp³-hybridized carbons (Fsp3) is 0.188. The maximum Gasteiger partial charge on any atom is 0.123 e. The summed E-state index contributed by atoms with van der Waals surface area (Å²) in [6.45, 7) is 36.7. The Morgan fingerprint density at radius 3 is 2.01 bits per heavy atom. The topological polar surface area (TPSA) is 87.2 Å². The number of fused-ring (bicyclic) bond motifs is 1. The molecular formula is C64H78N2O3. The van der Waals surface area contributed by atoms with Gasteiger partial charge in [0.05, 0.1) is 12.3 Å². The van der Waals surface area contributed by atoms with Crippen molar-refractivity contribution in [1.82, 2.24) is 10.2 Å². The fourth-order valence-electron chi connectivity index (χ4n) is 6.67. The van der Waals surface area contributed by atoms with Gasteiger partial charge in [0.25, 0.3) is 0 Å². The van der Waals surface area contributed by atoms with E-state index in [9.17, 15) is 5.11 Å². The van der Waals surface area contributed by atoms with E-state index in [1.807, 2.05) is 73.8 Å². The molecule has 0 fully saturated rings. The van der Waals surface area contributed by atoms with Crippen molar-refractivity contribution in [1.29, 1.82) is 0 Å². The molecule has 0 aromatic heterocycles. The second-order valence-corrected chi connectivity index (χ2v) is 16.3. The Morgan fingerprint density at radius 2 is 1.41 bits per heavy atom. The maximum absolute atomic E-state index is 11.3. The standard InChI is InChI=1S/C47H52N2O.C9H12.C8H12O.H2O/c1-9-13-16-22-37(7)40(24-15-11-3)35-49(34-20-25-39(21-12-4)36(5)6)46-29-19-28-43(42-26-17-18-27-44(42)46)45-32-30-41(31-33-47(45)50)48-38(8)23-14-10-2;1-8(2)9-6-4-3-5-7-9;1-3-8(2)6-4-5-7-9;/h9-18,20-33,35-36,41,48,50H,1-4,8,19,34H2,5-7H3;3-8H,1-2H3;4-7,9H,2-3H2,1H3;1H2/b16-13-,23-14-,24-15-,25-20-,37-22+,39-21+,40-35+;;6-4-,7-5-;. The van der Waals surface area contributed by atoms with Gasteiger partial charge in [0.15, 0.2) is 0 Å². The van der Waals surface area contributed by atoms with Crippen molar-refractivity contribution in [2.24, 2.45) is 5.92 Å². The van der Waals surface area contributed by atoms with Crippen LogP contribution in [0.15, 0.2) is 286 Å². The Morgan fingerprint density at radius 1 is 0.754 bits per heavy atom. The highest BCUT2D eigenvalue weighted by molar-refractivity contribution is 5.90. The zero-order valence-corrected chi connectivity index (χ0v) is 42.1. The molecule has 0 amide bonds. The minimum Gasteiger partial charge on any atom is -0.516 e. The first-order valence-corrected chi connectivity index (χ1v) is 23.3. The number of nitrogens with zero attached hydrogens (tertiary/aromatic N) is 1. The van der Waals surface area contributed by atoms with E-state index in [2.05, 4.69) is 182 Å². The Kier molecular flexibility index (Phi) is 29.9. The van der Waals surface area contributed by atoms with E-state index in [0.717, 1.165) is 63.1 Å². The van der Waals surface area contributed by atoms with Crippen molar-refractivity contribution < 1.29 is 15.7 Å². The molecule has 4 rings (SSSR count). The summed E-state index contributed by atoms with van der Waals surface area (Å²) in [6, 6.07) is 18.8. The molecule has 0 radical (unpaired) electrons. The molecule has 5 nitrogen and oxygen atoms in total. The van der Waals surface area contributed by atoms with Crippen LogP contribution < -0.4 is 5.32 Å². The van der Waals surface area contributed by atoms with Crippen molar-refractivity contribution >= 4 is 11.3 Å². The number of nitrogens with one attached hydrogen (secondary N) is 1. The SMILES string of the molecule is C=C(/C=C\C=C/O)CC.C=C\C=C/C=C(C)/C(/C=C\C=C)=C/N(C/C=C\C(=C/C=C)C(C)C)C1=CCC=C(C2=C(O)C=CC(NC(=C)/C=C\C=C)C=C2)c2ccccc21.CC(C)c1ccccc1.O. The van der Waals surface area contributed by atoms with Crippen LogP contribution in [0.3, 0.4) is 0 Å². The highest BCUT2D eigenvalue weighted by Gasteiger charge is 2.22. The van der Waals surface area contributed by atoms with Gasteiger partial charge < -0.3 is 25.9 Å².